The third-order valence-electron chi connectivity index (χ3n) is 5.20. The number of hydrogen-bond acceptors (Lipinski definition) is 5. The zero-order chi connectivity index (χ0) is 23.2. The maximum absolute atomic E-state index is 13.9. The summed E-state index contributed by atoms with van der Waals surface area (Å²) in [4.78, 5) is 43.0. The van der Waals surface area contributed by atoms with E-state index in [0.29, 0.717) is 33.9 Å². The van der Waals surface area contributed by atoms with Crippen LogP contribution in [-0.2, 0) is 9.59 Å². The van der Waals surface area contributed by atoms with Gasteiger partial charge >= 0.3 is 0 Å². The molecule has 0 saturated carbocycles. The number of anilines is 2. The van der Waals surface area contributed by atoms with E-state index in [9.17, 15) is 18.8 Å². The van der Waals surface area contributed by atoms with Gasteiger partial charge < -0.3 is 10.2 Å². The normalized spacial score (nSPS) is 15.1. The van der Waals surface area contributed by atoms with Crippen LogP contribution in [0.3, 0.4) is 0 Å². The lowest BCUT2D eigenvalue weighted by atomic mass is 10.1. The van der Waals surface area contributed by atoms with E-state index in [1.807, 2.05) is 0 Å². The second kappa shape index (κ2) is 8.16. The van der Waals surface area contributed by atoms with Crippen molar-refractivity contribution in [2.45, 2.75) is 26.8 Å². The van der Waals surface area contributed by atoms with Crippen molar-refractivity contribution in [2.75, 3.05) is 16.8 Å². The molecule has 1 aliphatic rings. The molecule has 0 fully saturated rings. The standard InChI is InChI=1S/C22H19ClFN5O3/c1-11-8-16-20(21(23)25-11)17-9-18(24)27-29(17)12(2)22(32)28(16)10-19(31)26-15-6-4-14(5-7-15)13(3)30/h4-9,12H,10H2,1-3H3,(H,26,31). The molecule has 4 rings (SSSR count). The summed E-state index contributed by atoms with van der Waals surface area (Å²) >= 11 is 6.38. The van der Waals surface area contributed by atoms with Gasteiger partial charge in [-0.25, -0.2) is 9.67 Å². The first-order valence-electron chi connectivity index (χ1n) is 9.80. The molecule has 0 saturated heterocycles. The largest absolute Gasteiger partial charge is 0.325 e. The molecule has 0 radical (unpaired) electrons. The number of aryl methyl sites for hydroxylation is 1. The van der Waals surface area contributed by atoms with Crippen LogP contribution >= 0.6 is 11.6 Å². The van der Waals surface area contributed by atoms with E-state index in [1.165, 1.54) is 22.6 Å². The van der Waals surface area contributed by atoms with Crippen molar-refractivity contribution in [2.24, 2.45) is 0 Å². The highest BCUT2D eigenvalue weighted by Gasteiger charge is 2.35. The molecule has 1 aliphatic heterocycles. The Hall–Kier alpha value is -3.59. The maximum Gasteiger partial charge on any atom is 0.252 e. The maximum atomic E-state index is 13.9. The average Bonchev–Trinajstić information content (AvgIpc) is 3.08. The second-order valence-corrected chi connectivity index (χ2v) is 7.89. The van der Waals surface area contributed by atoms with Gasteiger partial charge in [-0.3, -0.25) is 14.4 Å². The van der Waals surface area contributed by atoms with Crippen LogP contribution in [0.4, 0.5) is 15.8 Å². The first-order chi connectivity index (χ1) is 15.2. The summed E-state index contributed by atoms with van der Waals surface area (Å²) < 4.78 is 15.2. The minimum Gasteiger partial charge on any atom is -0.325 e. The minimum absolute atomic E-state index is 0.0771. The first kappa shape index (κ1) is 21.6. The summed E-state index contributed by atoms with van der Waals surface area (Å²) in [5.74, 6) is -1.74. The van der Waals surface area contributed by atoms with Gasteiger partial charge in [0.05, 0.1) is 16.9 Å². The van der Waals surface area contributed by atoms with Crippen LogP contribution in [0.15, 0.2) is 36.4 Å². The van der Waals surface area contributed by atoms with Gasteiger partial charge in [0.25, 0.3) is 5.91 Å². The smallest absolute Gasteiger partial charge is 0.252 e. The molecular formula is C22H19ClFN5O3. The van der Waals surface area contributed by atoms with E-state index in [4.69, 9.17) is 11.6 Å². The van der Waals surface area contributed by atoms with Crippen LogP contribution in [0.1, 0.15) is 35.9 Å². The predicted molar refractivity (Wildman–Crippen MR) is 117 cm³/mol. The molecule has 10 heteroatoms. The Morgan fingerprint density at radius 3 is 2.56 bits per heavy atom. The molecule has 0 aliphatic carbocycles. The number of ketones is 1. The predicted octanol–water partition coefficient (Wildman–Crippen LogP) is 3.79. The van der Waals surface area contributed by atoms with Gasteiger partial charge in [0.2, 0.25) is 11.9 Å². The van der Waals surface area contributed by atoms with Gasteiger partial charge in [-0.1, -0.05) is 11.6 Å². The Labute approximate surface area is 188 Å². The summed E-state index contributed by atoms with van der Waals surface area (Å²) in [5.41, 5.74) is 2.51. The SMILES string of the molecule is CC(=O)c1ccc(NC(=O)CN2C(=O)C(C)n3nc(F)cc3-c3c2cc(C)nc3Cl)cc1. The number of pyridine rings is 1. The quantitative estimate of drug-likeness (QED) is 0.476. The average molecular weight is 456 g/mol. The van der Waals surface area contributed by atoms with Crippen LogP contribution < -0.4 is 10.2 Å². The molecule has 8 nitrogen and oxygen atoms in total. The number of Topliss-reactive ketones (excluding diaryl/α,β-unsaturated/α-hetero) is 1. The lowest BCUT2D eigenvalue weighted by molar-refractivity contribution is -0.123. The molecule has 1 unspecified atom stereocenters. The molecule has 0 spiro atoms. The monoisotopic (exact) mass is 455 g/mol. The number of nitrogens with zero attached hydrogens (tertiary/aromatic N) is 4. The number of carbonyl (C=O) groups excluding carboxylic acids is 3. The van der Waals surface area contributed by atoms with E-state index in [0.717, 1.165) is 0 Å². The number of fused-ring (bicyclic) bond motifs is 3. The molecule has 3 heterocycles. The van der Waals surface area contributed by atoms with E-state index >= 15 is 0 Å². The van der Waals surface area contributed by atoms with Crippen molar-refractivity contribution in [3.05, 3.63) is 58.8 Å². The number of halogens is 2. The number of aromatic nitrogens is 3. The van der Waals surface area contributed by atoms with E-state index in [2.05, 4.69) is 15.4 Å². The molecule has 1 N–H and O–H groups in total. The van der Waals surface area contributed by atoms with Gasteiger partial charge in [-0.15, -0.1) is 5.10 Å². The Balaban J connectivity index is 1.70. The van der Waals surface area contributed by atoms with Crippen molar-refractivity contribution in [3.8, 4) is 11.3 Å². The molecule has 1 aromatic carbocycles. The third kappa shape index (κ3) is 3.87. The lowest BCUT2D eigenvalue weighted by Crippen LogP contribution is -2.41. The summed E-state index contributed by atoms with van der Waals surface area (Å²) in [5, 5.41) is 6.59. The number of benzene rings is 1. The van der Waals surface area contributed by atoms with E-state index in [1.54, 1.807) is 44.2 Å². The first-order valence-corrected chi connectivity index (χ1v) is 10.2. The zero-order valence-corrected chi connectivity index (χ0v) is 18.3. The fourth-order valence-corrected chi connectivity index (χ4v) is 3.99. The summed E-state index contributed by atoms with van der Waals surface area (Å²) in [6.07, 6.45) is 0. The highest BCUT2D eigenvalue weighted by atomic mass is 35.5. The number of hydrogen-bond donors (Lipinski definition) is 1. The Morgan fingerprint density at radius 1 is 1.22 bits per heavy atom. The molecule has 2 amide bonds. The number of amides is 2. The van der Waals surface area contributed by atoms with Crippen molar-refractivity contribution in [1.29, 1.82) is 0 Å². The van der Waals surface area contributed by atoms with E-state index in [-0.39, 0.29) is 17.5 Å². The Bertz CT molecular complexity index is 1260. The van der Waals surface area contributed by atoms with Gasteiger partial charge in [-0.05, 0) is 51.1 Å². The number of carbonyl (C=O) groups is 3. The van der Waals surface area contributed by atoms with Crippen LogP contribution in [0.5, 0.6) is 0 Å². The summed E-state index contributed by atoms with van der Waals surface area (Å²) in [7, 11) is 0. The fourth-order valence-electron chi connectivity index (χ4n) is 3.66. The van der Waals surface area contributed by atoms with Crippen molar-refractivity contribution >= 4 is 40.6 Å². The third-order valence-corrected chi connectivity index (χ3v) is 5.48. The van der Waals surface area contributed by atoms with Crippen LogP contribution in [0.2, 0.25) is 5.15 Å². The molecule has 164 valence electrons. The minimum atomic E-state index is -0.874. The van der Waals surface area contributed by atoms with Crippen molar-refractivity contribution < 1.29 is 18.8 Å². The molecule has 3 aromatic rings. The Kier molecular flexibility index (Phi) is 5.52. The van der Waals surface area contributed by atoms with Gasteiger partial charge in [0.15, 0.2) is 5.78 Å². The van der Waals surface area contributed by atoms with E-state index < -0.39 is 23.8 Å². The topological polar surface area (TPSA) is 97.2 Å². The van der Waals surface area contributed by atoms with Crippen molar-refractivity contribution in [3.63, 3.8) is 0 Å². The molecule has 1 atom stereocenters. The second-order valence-electron chi connectivity index (χ2n) is 7.53. The summed E-state index contributed by atoms with van der Waals surface area (Å²) in [6.45, 7) is 4.43. The van der Waals surface area contributed by atoms with Gasteiger partial charge in [-0.2, -0.15) is 4.39 Å². The van der Waals surface area contributed by atoms with Crippen LogP contribution in [0, 0.1) is 12.9 Å². The molecule has 2 aromatic heterocycles. The molecular weight excluding hydrogens is 437 g/mol. The van der Waals surface area contributed by atoms with Crippen molar-refractivity contribution in [1.82, 2.24) is 14.8 Å². The molecule has 32 heavy (non-hydrogen) atoms. The van der Waals surface area contributed by atoms with Crippen LogP contribution in [-0.4, -0.2) is 38.9 Å². The fraction of sp³-hybridized carbons (Fsp3) is 0.227. The van der Waals surface area contributed by atoms with Gasteiger partial charge in [0, 0.05) is 23.0 Å². The highest BCUT2D eigenvalue weighted by molar-refractivity contribution is 6.33. The highest BCUT2D eigenvalue weighted by Crippen LogP contribution is 2.41. The summed E-state index contributed by atoms with van der Waals surface area (Å²) in [6, 6.07) is 8.37. The van der Waals surface area contributed by atoms with Crippen LogP contribution in [0.25, 0.3) is 11.3 Å². The number of nitrogens with one attached hydrogen (secondary N) is 1. The number of rotatable bonds is 4. The Morgan fingerprint density at radius 2 is 1.91 bits per heavy atom. The zero-order valence-electron chi connectivity index (χ0n) is 17.5. The lowest BCUT2D eigenvalue weighted by Gasteiger charge is -2.24. The molecule has 0 bridgehead atoms. The van der Waals surface area contributed by atoms with Gasteiger partial charge in [0.1, 0.15) is 17.7 Å².